The van der Waals surface area contributed by atoms with Crippen molar-refractivity contribution in [3.63, 3.8) is 0 Å². The first-order valence-electron chi connectivity index (χ1n) is 6.94. The number of rotatable bonds is 11. The van der Waals surface area contributed by atoms with Crippen LogP contribution in [0.1, 0.15) is 13.3 Å². The fourth-order valence-electron chi connectivity index (χ4n) is 1.37. The second-order valence-corrected chi connectivity index (χ2v) is 4.28. The van der Waals surface area contributed by atoms with Crippen LogP contribution in [-0.2, 0) is 9.47 Å². The van der Waals surface area contributed by atoms with Crippen molar-refractivity contribution in [3.8, 4) is 0 Å². The van der Waals surface area contributed by atoms with E-state index in [9.17, 15) is 0 Å². The first kappa shape index (κ1) is 18.1. The van der Waals surface area contributed by atoms with Crippen LogP contribution < -0.4 is 10.6 Å². The quantitative estimate of drug-likeness (QED) is 0.319. The van der Waals surface area contributed by atoms with Crippen molar-refractivity contribution < 1.29 is 9.47 Å². The van der Waals surface area contributed by atoms with Gasteiger partial charge in [-0.1, -0.05) is 6.92 Å². The SMILES string of the molecule is CCN(C)CCNC(=NC)NCCCOCCOC. The maximum Gasteiger partial charge on any atom is 0.191 e. The molecule has 0 aromatic rings. The highest BCUT2D eigenvalue weighted by Crippen LogP contribution is 1.82. The van der Waals surface area contributed by atoms with Gasteiger partial charge in [-0.3, -0.25) is 4.99 Å². The molecule has 114 valence electrons. The average Bonchev–Trinajstić information content (AvgIpc) is 2.44. The Kier molecular flexibility index (Phi) is 13.0. The van der Waals surface area contributed by atoms with E-state index in [2.05, 4.69) is 34.5 Å². The monoisotopic (exact) mass is 274 g/mol. The highest BCUT2D eigenvalue weighted by atomic mass is 16.5. The molecule has 0 unspecified atom stereocenters. The molecular weight excluding hydrogens is 244 g/mol. The molecule has 0 spiro atoms. The number of ether oxygens (including phenoxy) is 2. The Bertz CT molecular complexity index is 225. The molecule has 0 radical (unpaired) electrons. The second-order valence-electron chi connectivity index (χ2n) is 4.28. The summed E-state index contributed by atoms with van der Waals surface area (Å²) in [5, 5.41) is 6.54. The van der Waals surface area contributed by atoms with E-state index in [1.54, 1.807) is 14.2 Å². The lowest BCUT2D eigenvalue weighted by Crippen LogP contribution is -2.41. The summed E-state index contributed by atoms with van der Waals surface area (Å²) in [7, 11) is 5.57. The molecule has 0 aliphatic rings. The molecule has 0 aliphatic carbocycles. The van der Waals surface area contributed by atoms with Gasteiger partial charge in [0.15, 0.2) is 5.96 Å². The maximum absolute atomic E-state index is 5.38. The second kappa shape index (κ2) is 13.6. The van der Waals surface area contributed by atoms with E-state index >= 15 is 0 Å². The molecule has 6 heteroatoms. The number of guanidine groups is 1. The van der Waals surface area contributed by atoms with Crippen LogP contribution in [-0.4, -0.2) is 78.1 Å². The largest absolute Gasteiger partial charge is 0.382 e. The lowest BCUT2D eigenvalue weighted by molar-refractivity contribution is 0.0698. The molecule has 0 saturated carbocycles. The molecular formula is C13H30N4O2. The van der Waals surface area contributed by atoms with E-state index in [1.807, 2.05) is 0 Å². The van der Waals surface area contributed by atoms with Crippen LogP contribution in [0.2, 0.25) is 0 Å². The molecule has 0 atom stereocenters. The van der Waals surface area contributed by atoms with E-state index in [1.165, 1.54) is 0 Å². The summed E-state index contributed by atoms with van der Waals surface area (Å²) in [5.41, 5.74) is 0. The molecule has 0 saturated heterocycles. The molecule has 6 nitrogen and oxygen atoms in total. The normalized spacial score (nSPS) is 11.9. The lowest BCUT2D eigenvalue weighted by atomic mass is 10.4. The number of aliphatic imine (C=N–C) groups is 1. The number of nitrogens with one attached hydrogen (secondary N) is 2. The third kappa shape index (κ3) is 11.9. The highest BCUT2D eigenvalue weighted by Gasteiger charge is 1.98. The number of methoxy groups -OCH3 is 1. The van der Waals surface area contributed by atoms with E-state index in [0.717, 1.165) is 45.2 Å². The minimum atomic E-state index is 0.654. The van der Waals surface area contributed by atoms with Crippen molar-refractivity contribution in [1.29, 1.82) is 0 Å². The highest BCUT2D eigenvalue weighted by molar-refractivity contribution is 5.79. The summed E-state index contributed by atoms with van der Waals surface area (Å²) in [4.78, 5) is 6.43. The van der Waals surface area contributed by atoms with Gasteiger partial charge in [-0.2, -0.15) is 0 Å². The Morgan fingerprint density at radius 1 is 1.16 bits per heavy atom. The first-order valence-corrected chi connectivity index (χ1v) is 6.94. The molecule has 0 aliphatic heterocycles. The Hall–Kier alpha value is -0.850. The number of hydrogen-bond acceptors (Lipinski definition) is 4. The van der Waals surface area contributed by atoms with Gasteiger partial charge in [0.1, 0.15) is 0 Å². The first-order chi connectivity index (χ1) is 9.24. The topological polar surface area (TPSA) is 58.1 Å². The van der Waals surface area contributed by atoms with Gasteiger partial charge in [0.05, 0.1) is 13.2 Å². The van der Waals surface area contributed by atoms with Crippen LogP contribution in [0.15, 0.2) is 4.99 Å². The molecule has 0 rings (SSSR count). The summed E-state index contributed by atoms with van der Waals surface area (Å²) in [5.74, 6) is 0.849. The van der Waals surface area contributed by atoms with Crippen molar-refractivity contribution in [2.75, 3.05) is 67.2 Å². The minimum Gasteiger partial charge on any atom is -0.382 e. The van der Waals surface area contributed by atoms with E-state index in [4.69, 9.17) is 9.47 Å². The molecule has 0 aromatic carbocycles. The molecule has 0 heterocycles. The third-order valence-corrected chi connectivity index (χ3v) is 2.74. The average molecular weight is 274 g/mol. The van der Waals surface area contributed by atoms with Crippen LogP contribution in [0.5, 0.6) is 0 Å². The van der Waals surface area contributed by atoms with E-state index in [0.29, 0.717) is 13.2 Å². The predicted octanol–water partition coefficient (Wildman–Crippen LogP) is 0.156. The molecule has 0 aromatic heterocycles. The zero-order valence-corrected chi connectivity index (χ0v) is 12.9. The summed E-state index contributed by atoms with van der Waals surface area (Å²) in [6.45, 7) is 8.03. The van der Waals surface area contributed by atoms with Crippen molar-refractivity contribution in [2.24, 2.45) is 4.99 Å². The fourth-order valence-corrected chi connectivity index (χ4v) is 1.37. The lowest BCUT2D eigenvalue weighted by Gasteiger charge is -2.16. The zero-order valence-electron chi connectivity index (χ0n) is 12.9. The van der Waals surface area contributed by atoms with Crippen molar-refractivity contribution in [1.82, 2.24) is 15.5 Å². The smallest absolute Gasteiger partial charge is 0.191 e. The summed E-state index contributed by atoms with van der Waals surface area (Å²) >= 11 is 0. The molecule has 0 amide bonds. The van der Waals surface area contributed by atoms with Gasteiger partial charge in [0.25, 0.3) is 0 Å². The predicted molar refractivity (Wildman–Crippen MR) is 79.8 cm³/mol. The van der Waals surface area contributed by atoms with Gasteiger partial charge < -0.3 is 25.0 Å². The molecule has 2 N–H and O–H groups in total. The molecule has 0 fully saturated rings. The number of nitrogens with zero attached hydrogens (tertiary/aromatic N) is 2. The number of hydrogen-bond donors (Lipinski definition) is 2. The van der Waals surface area contributed by atoms with Crippen LogP contribution >= 0.6 is 0 Å². The number of likely N-dealkylation sites (N-methyl/N-ethyl adjacent to an activating group) is 1. The van der Waals surface area contributed by atoms with Gasteiger partial charge in [0.2, 0.25) is 0 Å². The Labute approximate surface area is 117 Å². The van der Waals surface area contributed by atoms with Gasteiger partial charge in [-0.05, 0) is 20.0 Å². The fraction of sp³-hybridized carbons (Fsp3) is 0.923. The molecule has 0 bridgehead atoms. The van der Waals surface area contributed by atoms with Crippen molar-refractivity contribution in [2.45, 2.75) is 13.3 Å². The van der Waals surface area contributed by atoms with Crippen LogP contribution in [0.3, 0.4) is 0 Å². The minimum absolute atomic E-state index is 0.654. The Morgan fingerprint density at radius 3 is 2.53 bits per heavy atom. The van der Waals surface area contributed by atoms with Crippen LogP contribution in [0, 0.1) is 0 Å². The Morgan fingerprint density at radius 2 is 1.89 bits per heavy atom. The molecule has 19 heavy (non-hydrogen) atoms. The van der Waals surface area contributed by atoms with Crippen LogP contribution in [0.4, 0.5) is 0 Å². The Balaban J connectivity index is 3.45. The standard InChI is InChI=1S/C13H30N4O2/c1-5-17(3)9-8-16-13(14-2)15-7-6-10-19-12-11-18-4/h5-12H2,1-4H3,(H2,14,15,16). The van der Waals surface area contributed by atoms with Crippen molar-refractivity contribution >= 4 is 5.96 Å². The van der Waals surface area contributed by atoms with Gasteiger partial charge >= 0.3 is 0 Å². The summed E-state index contributed by atoms with van der Waals surface area (Å²) < 4.78 is 10.3. The van der Waals surface area contributed by atoms with Gasteiger partial charge in [-0.25, -0.2) is 0 Å². The van der Waals surface area contributed by atoms with Crippen molar-refractivity contribution in [3.05, 3.63) is 0 Å². The van der Waals surface area contributed by atoms with E-state index in [-0.39, 0.29) is 0 Å². The van der Waals surface area contributed by atoms with Gasteiger partial charge in [0, 0.05) is 40.4 Å². The van der Waals surface area contributed by atoms with E-state index < -0.39 is 0 Å². The zero-order chi connectivity index (χ0) is 14.3. The summed E-state index contributed by atoms with van der Waals surface area (Å²) in [6, 6.07) is 0. The summed E-state index contributed by atoms with van der Waals surface area (Å²) in [6.07, 6.45) is 0.958. The van der Waals surface area contributed by atoms with Gasteiger partial charge in [-0.15, -0.1) is 0 Å². The van der Waals surface area contributed by atoms with Crippen LogP contribution in [0.25, 0.3) is 0 Å². The maximum atomic E-state index is 5.38. The third-order valence-electron chi connectivity index (χ3n) is 2.74.